The van der Waals surface area contributed by atoms with Gasteiger partial charge in [-0.25, -0.2) is 9.79 Å². The van der Waals surface area contributed by atoms with Gasteiger partial charge in [0.05, 0.1) is 29.2 Å². The Morgan fingerprint density at radius 3 is 2.48 bits per heavy atom. The normalized spacial score (nSPS) is 21.2. The molecule has 0 N–H and O–H groups in total. The molecule has 0 radical (unpaired) electrons. The van der Waals surface area contributed by atoms with E-state index in [2.05, 4.69) is 4.99 Å². The second-order valence-corrected chi connectivity index (χ2v) is 8.73. The second-order valence-electron chi connectivity index (χ2n) is 7.42. The van der Waals surface area contributed by atoms with Crippen molar-refractivity contribution in [3.8, 4) is 5.75 Å². The van der Waals surface area contributed by atoms with Crippen molar-refractivity contribution in [2.75, 3.05) is 6.61 Å². The molecular weight excluding hydrogens is 392 g/mol. The fourth-order valence-electron chi connectivity index (χ4n) is 3.18. The van der Waals surface area contributed by atoms with Crippen LogP contribution >= 0.6 is 11.8 Å². The van der Waals surface area contributed by atoms with E-state index in [1.54, 1.807) is 36.1 Å². The van der Waals surface area contributed by atoms with E-state index in [4.69, 9.17) is 9.47 Å². The Labute approximate surface area is 174 Å². The average molecular weight is 416 g/mol. The summed E-state index contributed by atoms with van der Waals surface area (Å²) >= 11 is 1.37. The summed E-state index contributed by atoms with van der Waals surface area (Å²) in [6, 6.07) is 6.14. The largest absolute Gasteiger partial charge is 0.462 e. The van der Waals surface area contributed by atoms with Crippen molar-refractivity contribution in [2.24, 2.45) is 10.9 Å². The van der Waals surface area contributed by atoms with Gasteiger partial charge in [-0.05, 0) is 37.5 Å². The first-order chi connectivity index (χ1) is 13.7. The van der Waals surface area contributed by atoms with E-state index in [9.17, 15) is 14.4 Å². The van der Waals surface area contributed by atoms with Gasteiger partial charge in [-0.2, -0.15) is 0 Å². The zero-order chi connectivity index (χ0) is 21.3. The molecule has 0 saturated carbocycles. The van der Waals surface area contributed by atoms with E-state index in [-0.39, 0.29) is 23.7 Å². The third-order valence-corrected chi connectivity index (χ3v) is 5.54. The molecule has 29 heavy (non-hydrogen) atoms. The summed E-state index contributed by atoms with van der Waals surface area (Å²) < 4.78 is 10.6. The maximum atomic E-state index is 12.9. The van der Waals surface area contributed by atoms with Gasteiger partial charge in [0.1, 0.15) is 5.75 Å². The van der Waals surface area contributed by atoms with Crippen LogP contribution in [0, 0.1) is 5.92 Å². The Morgan fingerprint density at radius 2 is 1.90 bits per heavy atom. The highest BCUT2D eigenvalue weighted by atomic mass is 32.2. The van der Waals surface area contributed by atoms with E-state index in [0.29, 0.717) is 27.8 Å². The molecular formula is C21H24N2O5S. The molecule has 0 bridgehead atoms. The number of aliphatic imine (C=N–C) groups is 1. The molecule has 0 aromatic heterocycles. The van der Waals surface area contributed by atoms with Crippen LogP contribution in [-0.4, -0.2) is 39.8 Å². The molecule has 2 atom stereocenters. The Hall–Kier alpha value is -2.61. The van der Waals surface area contributed by atoms with Crippen LogP contribution in [0.25, 0.3) is 0 Å². The molecule has 2 aliphatic heterocycles. The zero-order valence-electron chi connectivity index (χ0n) is 17.1. The van der Waals surface area contributed by atoms with Gasteiger partial charge < -0.3 is 9.47 Å². The third kappa shape index (κ3) is 4.37. The standard InChI is InChI=1S/C21H24N2O5S/c1-11(2)10-27-20(26)17-12(3)22-21-23(19(25)13(4)29-21)18(17)15-6-8-16(9-7-15)28-14(5)24/h6-9,11,13,18H,10H2,1-5H3/t13-,18+/m1/s1. The number of fused-ring (bicyclic) bond motifs is 1. The Bertz CT molecular complexity index is 904. The number of rotatable bonds is 5. The SMILES string of the molecule is CC(=O)Oc1ccc([C@H]2C(C(=O)OCC(C)C)=C(C)N=C3S[C@H](C)C(=O)N32)cc1. The second kappa shape index (κ2) is 8.41. The van der Waals surface area contributed by atoms with Crippen LogP contribution in [0.15, 0.2) is 40.5 Å². The topological polar surface area (TPSA) is 85.3 Å². The minimum atomic E-state index is -0.640. The fraction of sp³-hybridized carbons (Fsp3) is 0.429. The molecule has 1 fully saturated rings. The number of carbonyl (C=O) groups excluding carboxylic acids is 3. The summed E-state index contributed by atoms with van der Waals surface area (Å²) in [7, 11) is 0. The van der Waals surface area contributed by atoms with E-state index in [0.717, 1.165) is 0 Å². The number of hydrogen-bond acceptors (Lipinski definition) is 7. The Balaban J connectivity index is 2.02. The number of esters is 2. The lowest BCUT2D eigenvalue weighted by molar-refractivity contribution is -0.141. The lowest BCUT2D eigenvalue weighted by Crippen LogP contribution is -2.40. The van der Waals surface area contributed by atoms with Crippen LogP contribution in [-0.2, 0) is 19.1 Å². The highest BCUT2D eigenvalue weighted by molar-refractivity contribution is 8.15. The number of nitrogens with zero attached hydrogens (tertiary/aromatic N) is 2. The number of ether oxygens (including phenoxy) is 2. The summed E-state index contributed by atoms with van der Waals surface area (Å²) in [5.41, 5.74) is 1.60. The molecule has 1 aromatic rings. The average Bonchev–Trinajstić information content (AvgIpc) is 2.92. The molecule has 0 unspecified atom stereocenters. The van der Waals surface area contributed by atoms with Gasteiger partial charge in [-0.3, -0.25) is 14.5 Å². The van der Waals surface area contributed by atoms with Crippen LogP contribution in [0.4, 0.5) is 0 Å². The van der Waals surface area contributed by atoms with Crippen molar-refractivity contribution < 1.29 is 23.9 Å². The predicted octanol–water partition coefficient (Wildman–Crippen LogP) is 3.46. The first-order valence-corrected chi connectivity index (χ1v) is 10.3. The van der Waals surface area contributed by atoms with Gasteiger partial charge >= 0.3 is 11.9 Å². The maximum Gasteiger partial charge on any atom is 0.338 e. The minimum Gasteiger partial charge on any atom is -0.462 e. The van der Waals surface area contributed by atoms with Gasteiger partial charge in [-0.1, -0.05) is 37.7 Å². The third-order valence-electron chi connectivity index (χ3n) is 4.48. The predicted molar refractivity (Wildman–Crippen MR) is 110 cm³/mol. The van der Waals surface area contributed by atoms with Gasteiger partial charge in [0, 0.05) is 6.92 Å². The molecule has 3 rings (SSSR count). The van der Waals surface area contributed by atoms with E-state index in [1.807, 2.05) is 20.8 Å². The van der Waals surface area contributed by atoms with Crippen LogP contribution in [0.1, 0.15) is 46.2 Å². The molecule has 154 valence electrons. The fourth-order valence-corrected chi connectivity index (χ4v) is 4.21. The van der Waals surface area contributed by atoms with E-state index >= 15 is 0 Å². The number of hydrogen-bond donors (Lipinski definition) is 0. The minimum absolute atomic E-state index is 0.107. The molecule has 0 aliphatic carbocycles. The molecule has 1 saturated heterocycles. The van der Waals surface area contributed by atoms with Crippen LogP contribution in [0.3, 0.4) is 0 Å². The van der Waals surface area contributed by atoms with Crippen molar-refractivity contribution in [3.05, 3.63) is 41.1 Å². The number of carbonyl (C=O) groups is 3. The van der Waals surface area contributed by atoms with Crippen molar-refractivity contribution in [1.29, 1.82) is 0 Å². The first kappa shape index (κ1) is 21.1. The number of amidine groups is 1. The van der Waals surface area contributed by atoms with E-state index in [1.165, 1.54) is 18.7 Å². The van der Waals surface area contributed by atoms with Crippen molar-refractivity contribution in [2.45, 2.75) is 45.9 Å². The van der Waals surface area contributed by atoms with Gasteiger partial charge in [-0.15, -0.1) is 0 Å². The highest BCUT2D eigenvalue weighted by Gasteiger charge is 2.46. The van der Waals surface area contributed by atoms with Gasteiger partial charge in [0.15, 0.2) is 5.17 Å². The van der Waals surface area contributed by atoms with Gasteiger partial charge in [0.25, 0.3) is 0 Å². The summed E-state index contributed by atoms with van der Waals surface area (Å²) in [6.07, 6.45) is 0. The van der Waals surface area contributed by atoms with Crippen LogP contribution in [0.2, 0.25) is 0 Å². The maximum absolute atomic E-state index is 12.9. The molecule has 2 heterocycles. The van der Waals surface area contributed by atoms with Crippen molar-refractivity contribution >= 4 is 34.8 Å². The summed E-state index contributed by atoms with van der Waals surface area (Å²) in [6.45, 7) is 9.10. The summed E-state index contributed by atoms with van der Waals surface area (Å²) in [5, 5.41) is 0.296. The monoisotopic (exact) mass is 416 g/mol. The molecule has 1 aromatic carbocycles. The van der Waals surface area contributed by atoms with Crippen LogP contribution < -0.4 is 4.74 Å². The first-order valence-electron chi connectivity index (χ1n) is 9.43. The molecule has 8 heteroatoms. The number of benzene rings is 1. The molecule has 1 amide bonds. The van der Waals surface area contributed by atoms with Gasteiger partial charge in [0.2, 0.25) is 5.91 Å². The van der Waals surface area contributed by atoms with Crippen molar-refractivity contribution in [1.82, 2.24) is 4.90 Å². The lowest BCUT2D eigenvalue weighted by atomic mass is 9.94. The number of amides is 1. The van der Waals surface area contributed by atoms with E-state index < -0.39 is 18.0 Å². The number of allylic oxidation sites excluding steroid dienone is 1. The highest BCUT2D eigenvalue weighted by Crippen LogP contribution is 2.43. The lowest BCUT2D eigenvalue weighted by Gasteiger charge is -2.33. The van der Waals surface area contributed by atoms with Crippen molar-refractivity contribution in [3.63, 3.8) is 0 Å². The van der Waals surface area contributed by atoms with Crippen LogP contribution in [0.5, 0.6) is 5.75 Å². The zero-order valence-corrected chi connectivity index (χ0v) is 17.9. The number of thioether (sulfide) groups is 1. The quantitative estimate of drug-likeness (QED) is 0.540. The molecule has 7 nitrogen and oxygen atoms in total. The summed E-state index contributed by atoms with van der Waals surface area (Å²) in [4.78, 5) is 43.0. The smallest absolute Gasteiger partial charge is 0.338 e. The summed E-state index contributed by atoms with van der Waals surface area (Å²) in [5.74, 6) is -0.424. The Morgan fingerprint density at radius 1 is 1.24 bits per heavy atom. The molecule has 2 aliphatic rings. The Kier molecular flexibility index (Phi) is 6.12. The molecule has 0 spiro atoms.